The molecule has 104 valence electrons. The largest absolute Gasteiger partial charge is 0.381 e. The van der Waals surface area contributed by atoms with Crippen LogP contribution in [-0.2, 0) is 13.8 Å². The summed E-state index contributed by atoms with van der Waals surface area (Å²) in [6.07, 6.45) is 1.53. The number of hydrogen-bond acceptors (Lipinski definition) is 4. The van der Waals surface area contributed by atoms with Crippen LogP contribution in [0.2, 0.25) is 0 Å². The highest BCUT2D eigenvalue weighted by atomic mass is 35.7. The van der Waals surface area contributed by atoms with Crippen molar-refractivity contribution in [2.45, 2.75) is 23.8 Å². The van der Waals surface area contributed by atoms with Crippen molar-refractivity contribution in [2.75, 3.05) is 13.2 Å². The number of nitrogens with one attached hydrogen (secondary N) is 1. The summed E-state index contributed by atoms with van der Waals surface area (Å²) in [5, 5.41) is 2.86. The number of carbonyl (C=O) groups excluding carboxylic acids is 1. The Morgan fingerprint density at radius 1 is 1.32 bits per heavy atom. The molecule has 0 spiro atoms. The number of benzene rings is 1. The fourth-order valence-corrected chi connectivity index (χ4v) is 2.70. The summed E-state index contributed by atoms with van der Waals surface area (Å²) in [6.45, 7) is 1.25. The van der Waals surface area contributed by atoms with Crippen molar-refractivity contribution in [1.82, 2.24) is 5.32 Å². The van der Waals surface area contributed by atoms with Gasteiger partial charge in [-0.2, -0.15) is 0 Å². The molecule has 1 N–H and O–H groups in total. The highest BCUT2D eigenvalue weighted by Crippen LogP contribution is 2.16. The Balaban J connectivity index is 2.10. The molecule has 0 aliphatic carbocycles. The van der Waals surface area contributed by atoms with Crippen molar-refractivity contribution in [1.29, 1.82) is 0 Å². The van der Waals surface area contributed by atoms with Gasteiger partial charge in [0.2, 0.25) is 0 Å². The van der Waals surface area contributed by atoms with Crippen LogP contribution in [0, 0.1) is 0 Å². The molecular formula is C12H14ClNO4S. The molecule has 1 fully saturated rings. The van der Waals surface area contributed by atoms with E-state index >= 15 is 0 Å². The highest BCUT2D eigenvalue weighted by Gasteiger charge is 2.18. The van der Waals surface area contributed by atoms with Crippen LogP contribution in [0.3, 0.4) is 0 Å². The third-order valence-electron chi connectivity index (χ3n) is 2.93. The molecule has 0 unspecified atom stereocenters. The molecule has 1 aromatic carbocycles. The highest BCUT2D eigenvalue weighted by molar-refractivity contribution is 8.13. The summed E-state index contributed by atoms with van der Waals surface area (Å²) < 4.78 is 27.6. The predicted molar refractivity (Wildman–Crippen MR) is 70.8 cm³/mol. The van der Waals surface area contributed by atoms with Gasteiger partial charge in [-0.15, -0.1) is 0 Å². The number of amides is 1. The van der Waals surface area contributed by atoms with E-state index in [1.54, 1.807) is 6.07 Å². The quantitative estimate of drug-likeness (QED) is 0.859. The lowest BCUT2D eigenvalue weighted by molar-refractivity contribution is 0.0696. The number of rotatable bonds is 3. The second-order valence-electron chi connectivity index (χ2n) is 4.33. The van der Waals surface area contributed by atoms with Gasteiger partial charge in [0.05, 0.1) is 4.90 Å². The molecule has 0 bridgehead atoms. The second kappa shape index (κ2) is 5.90. The topological polar surface area (TPSA) is 72.5 Å². The summed E-state index contributed by atoms with van der Waals surface area (Å²) in [5.74, 6) is -0.297. The minimum absolute atomic E-state index is 0.0671. The van der Waals surface area contributed by atoms with Gasteiger partial charge in [-0.3, -0.25) is 4.79 Å². The molecule has 1 amide bonds. The van der Waals surface area contributed by atoms with Crippen LogP contribution < -0.4 is 5.32 Å². The third kappa shape index (κ3) is 3.92. The molecule has 5 nitrogen and oxygen atoms in total. The fourth-order valence-electron chi connectivity index (χ4n) is 1.90. The van der Waals surface area contributed by atoms with E-state index in [0.717, 1.165) is 12.8 Å². The van der Waals surface area contributed by atoms with Crippen LogP contribution >= 0.6 is 10.7 Å². The molecule has 1 aliphatic heterocycles. The molecule has 1 saturated heterocycles. The monoisotopic (exact) mass is 303 g/mol. The molecule has 7 heteroatoms. The first kappa shape index (κ1) is 14.3. The normalized spacial score (nSPS) is 17.1. The van der Waals surface area contributed by atoms with E-state index in [4.69, 9.17) is 15.4 Å². The molecule has 0 atom stereocenters. The van der Waals surface area contributed by atoms with Gasteiger partial charge in [0.15, 0.2) is 0 Å². The van der Waals surface area contributed by atoms with Crippen molar-refractivity contribution in [3.63, 3.8) is 0 Å². The van der Waals surface area contributed by atoms with Crippen LogP contribution in [0.4, 0.5) is 0 Å². The lowest BCUT2D eigenvalue weighted by Crippen LogP contribution is -2.38. The van der Waals surface area contributed by atoms with Gasteiger partial charge in [0, 0.05) is 35.5 Å². The Kier molecular flexibility index (Phi) is 4.44. The Morgan fingerprint density at radius 3 is 2.63 bits per heavy atom. The molecule has 0 radical (unpaired) electrons. The van der Waals surface area contributed by atoms with E-state index in [-0.39, 0.29) is 22.4 Å². The zero-order chi connectivity index (χ0) is 13.9. The average molecular weight is 304 g/mol. The fraction of sp³-hybridized carbons (Fsp3) is 0.417. The lowest BCUT2D eigenvalue weighted by Gasteiger charge is -2.23. The van der Waals surface area contributed by atoms with E-state index in [9.17, 15) is 13.2 Å². The summed E-state index contributed by atoms with van der Waals surface area (Å²) in [6, 6.07) is 5.75. The minimum Gasteiger partial charge on any atom is -0.381 e. The lowest BCUT2D eigenvalue weighted by atomic mass is 10.1. The van der Waals surface area contributed by atoms with Gasteiger partial charge in [-0.1, -0.05) is 6.07 Å². The maximum Gasteiger partial charge on any atom is 0.261 e. The van der Waals surface area contributed by atoms with Crippen molar-refractivity contribution in [3.8, 4) is 0 Å². The van der Waals surface area contributed by atoms with Gasteiger partial charge >= 0.3 is 0 Å². The van der Waals surface area contributed by atoms with Crippen LogP contribution in [0.5, 0.6) is 0 Å². The summed E-state index contributed by atoms with van der Waals surface area (Å²) in [7, 11) is 1.43. The third-order valence-corrected chi connectivity index (χ3v) is 4.29. The molecule has 0 saturated carbocycles. The van der Waals surface area contributed by atoms with Crippen LogP contribution in [0.25, 0.3) is 0 Å². The molecule has 2 rings (SSSR count). The number of carbonyl (C=O) groups is 1. The number of ether oxygens (including phenoxy) is 1. The molecule has 19 heavy (non-hydrogen) atoms. The van der Waals surface area contributed by atoms with Gasteiger partial charge in [-0.25, -0.2) is 8.42 Å². The predicted octanol–water partition coefficient (Wildman–Crippen LogP) is 1.52. The second-order valence-corrected chi connectivity index (χ2v) is 6.89. The van der Waals surface area contributed by atoms with Crippen molar-refractivity contribution < 1.29 is 17.9 Å². The first-order valence-corrected chi connectivity index (χ1v) is 8.21. The smallest absolute Gasteiger partial charge is 0.261 e. The van der Waals surface area contributed by atoms with Crippen LogP contribution in [0.1, 0.15) is 23.2 Å². The summed E-state index contributed by atoms with van der Waals surface area (Å²) >= 11 is 0. The van der Waals surface area contributed by atoms with Gasteiger partial charge in [0.25, 0.3) is 15.0 Å². The zero-order valence-electron chi connectivity index (χ0n) is 10.1. The first-order chi connectivity index (χ1) is 8.97. The molecule has 1 aliphatic rings. The SMILES string of the molecule is O=C(NC1CCOCC1)c1cccc(S(=O)(=O)Cl)c1. The molecule has 0 aromatic heterocycles. The van der Waals surface area contributed by atoms with E-state index < -0.39 is 9.05 Å². The summed E-state index contributed by atoms with van der Waals surface area (Å²) in [5.41, 5.74) is 0.285. The van der Waals surface area contributed by atoms with E-state index in [1.807, 2.05) is 0 Å². The Hall–Kier alpha value is -1.11. The molecule has 1 heterocycles. The van der Waals surface area contributed by atoms with E-state index in [2.05, 4.69) is 5.32 Å². The first-order valence-electron chi connectivity index (χ1n) is 5.90. The van der Waals surface area contributed by atoms with Gasteiger partial charge in [0.1, 0.15) is 0 Å². The minimum atomic E-state index is -3.82. The van der Waals surface area contributed by atoms with Crippen molar-refractivity contribution >= 4 is 25.6 Å². The van der Waals surface area contributed by atoms with Crippen molar-refractivity contribution in [2.24, 2.45) is 0 Å². The van der Waals surface area contributed by atoms with Gasteiger partial charge in [-0.05, 0) is 31.0 Å². The Labute approximate surface area is 116 Å². The summed E-state index contributed by atoms with van der Waals surface area (Å²) in [4.78, 5) is 11.9. The van der Waals surface area contributed by atoms with Crippen LogP contribution in [0.15, 0.2) is 29.2 Å². The molecular weight excluding hydrogens is 290 g/mol. The average Bonchev–Trinajstić information content (AvgIpc) is 2.39. The van der Waals surface area contributed by atoms with Crippen molar-refractivity contribution in [3.05, 3.63) is 29.8 Å². The van der Waals surface area contributed by atoms with Crippen LogP contribution in [-0.4, -0.2) is 33.6 Å². The number of halogens is 1. The Morgan fingerprint density at radius 2 is 2.00 bits per heavy atom. The number of hydrogen-bond donors (Lipinski definition) is 1. The van der Waals surface area contributed by atoms with E-state index in [1.165, 1.54) is 18.2 Å². The maximum atomic E-state index is 12.0. The molecule has 1 aromatic rings. The standard InChI is InChI=1S/C12H14ClNO4S/c13-19(16,17)11-3-1-2-9(8-11)12(15)14-10-4-6-18-7-5-10/h1-3,8,10H,4-7H2,(H,14,15). The van der Waals surface area contributed by atoms with E-state index in [0.29, 0.717) is 13.2 Å². The van der Waals surface area contributed by atoms with Gasteiger partial charge < -0.3 is 10.1 Å². The maximum absolute atomic E-state index is 12.0. The Bertz CT molecular complexity index is 567. The zero-order valence-corrected chi connectivity index (χ0v) is 11.7.